The standard InChI is InChI=1S/C8H9NO.C4H7NO.C2H6/c1-6(10)7-4-2-3-5-8(7)9;1-4(2)5-3-6;1-2/h2-5H,9H2,1H3;4H,1-2H3;1-2H3. The number of ketones is 1. The second kappa shape index (κ2) is 11.6. The normalized spacial score (nSPS) is 8.11. The summed E-state index contributed by atoms with van der Waals surface area (Å²) in [4.78, 5) is 23.4. The highest BCUT2D eigenvalue weighted by molar-refractivity contribution is 5.98. The summed E-state index contributed by atoms with van der Waals surface area (Å²) in [5.74, 6) is 0.0121. The monoisotopic (exact) mass is 250 g/mol. The molecule has 0 fully saturated rings. The van der Waals surface area contributed by atoms with Gasteiger partial charge in [0.2, 0.25) is 6.08 Å². The molecule has 0 bridgehead atoms. The van der Waals surface area contributed by atoms with E-state index in [1.807, 2.05) is 33.8 Å². The van der Waals surface area contributed by atoms with Gasteiger partial charge >= 0.3 is 0 Å². The van der Waals surface area contributed by atoms with Crippen LogP contribution in [0.4, 0.5) is 5.69 Å². The molecule has 0 spiro atoms. The van der Waals surface area contributed by atoms with E-state index < -0.39 is 0 Å². The summed E-state index contributed by atoms with van der Waals surface area (Å²) in [5, 5.41) is 0. The zero-order valence-corrected chi connectivity index (χ0v) is 11.7. The third kappa shape index (κ3) is 9.31. The maximum Gasteiger partial charge on any atom is 0.235 e. The molecule has 0 atom stereocenters. The highest BCUT2D eigenvalue weighted by atomic mass is 16.1. The average Bonchev–Trinajstić information content (AvgIpc) is 2.32. The predicted molar refractivity (Wildman–Crippen MR) is 75.5 cm³/mol. The Morgan fingerprint density at radius 1 is 1.28 bits per heavy atom. The van der Waals surface area contributed by atoms with Gasteiger partial charge in [-0.3, -0.25) is 4.79 Å². The summed E-state index contributed by atoms with van der Waals surface area (Å²) in [6, 6.07) is 7.14. The van der Waals surface area contributed by atoms with Gasteiger partial charge in [-0.2, -0.15) is 0 Å². The van der Waals surface area contributed by atoms with Crippen molar-refractivity contribution in [3.63, 3.8) is 0 Å². The molecule has 0 aromatic heterocycles. The van der Waals surface area contributed by atoms with Gasteiger partial charge in [0.05, 0.1) is 6.04 Å². The lowest BCUT2D eigenvalue weighted by molar-refractivity contribution is 0.101. The number of nitrogens with zero attached hydrogens (tertiary/aromatic N) is 1. The van der Waals surface area contributed by atoms with Crippen molar-refractivity contribution in [2.24, 2.45) is 4.99 Å². The van der Waals surface area contributed by atoms with Crippen LogP contribution < -0.4 is 5.73 Å². The van der Waals surface area contributed by atoms with E-state index in [-0.39, 0.29) is 11.8 Å². The number of rotatable bonds is 2. The third-order valence-corrected chi connectivity index (χ3v) is 1.65. The van der Waals surface area contributed by atoms with Gasteiger partial charge in [0.15, 0.2) is 5.78 Å². The Kier molecular flexibility index (Phi) is 11.8. The van der Waals surface area contributed by atoms with E-state index in [4.69, 9.17) is 5.73 Å². The molecular weight excluding hydrogens is 228 g/mol. The molecule has 0 saturated carbocycles. The number of anilines is 1. The van der Waals surface area contributed by atoms with Crippen molar-refractivity contribution in [3.8, 4) is 0 Å². The number of hydrogen-bond donors (Lipinski definition) is 1. The minimum Gasteiger partial charge on any atom is -0.398 e. The molecule has 0 aliphatic rings. The Morgan fingerprint density at radius 3 is 2.00 bits per heavy atom. The highest BCUT2D eigenvalue weighted by Gasteiger charge is 2.00. The lowest BCUT2D eigenvalue weighted by Gasteiger charge is -1.97. The topological polar surface area (TPSA) is 72.5 Å². The lowest BCUT2D eigenvalue weighted by atomic mass is 10.1. The number of nitrogen functional groups attached to an aromatic ring is 1. The highest BCUT2D eigenvalue weighted by Crippen LogP contribution is 2.09. The van der Waals surface area contributed by atoms with Gasteiger partial charge in [0.25, 0.3) is 0 Å². The van der Waals surface area contributed by atoms with Crippen molar-refractivity contribution < 1.29 is 9.59 Å². The van der Waals surface area contributed by atoms with Crippen molar-refractivity contribution in [2.45, 2.75) is 40.7 Å². The van der Waals surface area contributed by atoms with Crippen molar-refractivity contribution in [2.75, 3.05) is 5.73 Å². The van der Waals surface area contributed by atoms with E-state index >= 15 is 0 Å². The molecule has 4 nitrogen and oxygen atoms in total. The van der Waals surface area contributed by atoms with Gasteiger partial charge in [0.1, 0.15) is 0 Å². The third-order valence-electron chi connectivity index (χ3n) is 1.65. The Balaban J connectivity index is 0. The van der Waals surface area contributed by atoms with Crippen LogP contribution in [0.2, 0.25) is 0 Å². The van der Waals surface area contributed by atoms with Gasteiger partial charge in [-0.15, -0.1) is 0 Å². The van der Waals surface area contributed by atoms with E-state index in [1.165, 1.54) is 13.0 Å². The predicted octanol–water partition coefficient (Wildman–Crippen LogP) is 3.23. The second-order valence-electron chi connectivity index (χ2n) is 3.46. The lowest BCUT2D eigenvalue weighted by Crippen LogP contribution is -1.97. The zero-order chi connectivity index (χ0) is 14.6. The van der Waals surface area contributed by atoms with Gasteiger partial charge in [-0.05, 0) is 32.9 Å². The minimum absolute atomic E-state index is 0.0121. The minimum atomic E-state index is 0.0121. The molecule has 0 saturated heterocycles. The number of Topliss-reactive ketones (excluding diaryl/α,β-unsaturated/α-hetero) is 1. The number of carbonyl (C=O) groups is 1. The molecule has 2 N–H and O–H groups in total. The molecule has 4 heteroatoms. The Labute approximate surface area is 109 Å². The van der Waals surface area contributed by atoms with Gasteiger partial charge < -0.3 is 5.73 Å². The molecule has 1 rings (SSSR count). The van der Waals surface area contributed by atoms with E-state index in [0.29, 0.717) is 11.3 Å². The summed E-state index contributed by atoms with van der Waals surface area (Å²) >= 11 is 0. The fraction of sp³-hybridized carbons (Fsp3) is 0.429. The van der Waals surface area contributed by atoms with Crippen LogP contribution in [-0.4, -0.2) is 17.9 Å². The van der Waals surface area contributed by atoms with E-state index in [9.17, 15) is 9.59 Å². The molecule has 100 valence electrons. The molecule has 0 amide bonds. The molecule has 0 radical (unpaired) electrons. The van der Waals surface area contributed by atoms with Gasteiger partial charge in [0, 0.05) is 11.3 Å². The summed E-state index contributed by atoms with van der Waals surface area (Å²) in [5.41, 5.74) is 6.65. The van der Waals surface area contributed by atoms with Crippen LogP contribution >= 0.6 is 0 Å². The van der Waals surface area contributed by atoms with Crippen LogP contribution in [0, 0.1) is 0 Å². The molecular formula is C14H22N2O2. The fourth-order valence-corrected chi connectivity index (χ4v) is 0.923. The summed E-state index contributed by atoms with van der Waals surface area (Å²) < 4.78 is 0. The van der Waals surface area contributed by atoms with Crippen LogP contribution in [0.1, 0.15) is 45.0 Å². The number of benzene rings is 1. The Bertz CT molecular complexity index is 395. The first-order valence-corrected chi connectivity index (χ1v) is 5.91. The average molecular weight is 250 g/mol. The quantitative estimate of drug-likeness (QED) is 0.379. The molecule has 1 aromatic rings. The largest absolute Gasteiger partial charge is 0.398 e. The van der Waals surface area contributed by atoms with E-state index in [0.717, 1.165) is 0 Å². The van der Waals surface area contributed by atoms with Crippen LogP contribution in [0.3, 0.4) is 0 Å². The number of carbonyl (C=O) groups excluding carboxylic acids is 2. The number of isocyanates is 1. The molecule has 0 aliphatic carbocycles. The van der Waals surface area contributed by atoms with E-state index in [1.54, 1.807) is 18.2 Å². The number of aliphatic imine (C=N–C) groups is 1. The van der Waals surface area contributed by atoms with Crippen molar-refractivity contribution in [1.29, 1.82) is 0 Å². The molecule has 0 unspecified atom stereocenters. The zero-order valence-electron chi connectivity index (χ0n) is 11.7. The van der Waals surface area contributed by atoms with Gasteiger partial charge in [-0.25, -0.2) is 9.79 Å². The van der Waals surface area contributed by atoms with E-state index in [2.05, 4.69) is 4.99 Å². The Hall–Kier alpha value is -1.93. The first kappa shape index (κ1) is 18.4. The smallest absolute Gasteiger partial charge is 0.235 e. The maximum atomic E-state index is 10.8. The summed E-state index contributed by atoms with van der Waals surface area (Å²) in [6.45, 7) is 9.15. The van der Waals surface area contributed by atoms with Crippen LogP contribution in [0.5, 0.6) is 0 Å². The summed E-state index contributed by atoms with van der Waals surface area (Å²) in [6.07, 6.45) is 1.44. The molecule has 1 aromatic carbocycles. The summed E-state index contributed by atoms with van der Waals surface area (Å²) in [7, 11) is 0. The van der Waals surface area contributed by atoms with Crippen molar-refractivity contribution in [3.05, 3.63) is 29.8 Å². The molecule has 0 aliphatic heterocycles. The maximum absolute atomic E-state index is 10.8. The molecule has 0 heterocycles. The van der Waals surface area contributed by atoms with Crippen molar-refractivity contribution >= 4 is 17.6 Å². The Morgan fingerprint density at radius 2 is 1.78 bits per heavy atom. The second-order valence-corrected chi connectivity index (χ2v) is 3.46. The van der Waals surface area contributed by atoms with Gasteiger partial charge in [-0.1, -0.05) is 26.0 Å². The number of nitrogens with two attached hydrogens (primary N) is 1. The van der Waals surface area contributed by atoms with Crippen LogP contribution in [0.15, 0.2) is 29.3 Å². The first-order valence-electron chi connectivity index (χ1n) is 5.91. The number of para-hydroxylation sites is 1. The first-order chi connectivity index (χ1) is 8.49. The van der Waals surface area contributed by atoms with Crippen molar-refractivity contribution in [1.82, 2.24) is 0 Å². The number of hydrogen-bond acceptors (Lipinski definition) is 4. The van der Waals surface area contributed by atoms with Crippen LogP contribution in [0.25, 0.3) is 0 Å². The van der Waals surface area contributed by atoms with Crippen LogP contribution in [-0.2, 0) is 4.79 Å². The molecule has 18 heavy (non-hydrogen) atoms. The SMILES string of the molecule is CC.CC(=O)c1ccccc1N.CC(C)N=C=O. The fourth-order valence-electron chi connectivity index (χ4n) is 0.923.